The minimum absolute atomic E-state index is 0.0273. The van der Waals surface area contributed by atoms with E-state index in [1.807, 2.05) is 4.90 Å². The summed E-state index contributed by atoms with van der Waals surface area (Å²) in [5.74, 6) is 0.684. The Morgan fingerprint density at radius 3 is 2.80 bits per heavy atom. The zero-order valence-electron chi connectivity index (χ0n) is 11.2. The molecule has 0 atom stereocenters. The van der Waals surface area contributed by atoms with E-state index in [1.54, 1.807) is 12.1 Å². The molecule has 0 aliphatic carbocycles. The van der Waals surface area contributed by atoms with Gasteiger partial charge in [-0.05, 0) is 47.1 Å². The number of alkyl halides is 1. The molecule has 0 unspecified atom stereocenters. The lowest BCUT2D eigenvalue weighted by Crippen LogP contribution is -2.35. The third kappa shape index (κ3) is 3.87. The van der Waals surface area contributed by atoms with Gasteiger partial charge in [-0.25, -0.2) is 0 Å². The van der Waals surface area contributed by atoms with Crippen LogP contribution < -0.4 is 0 Å². The van der Waals surface area contributed by atoms with Crippen LogP contribution in [0.25, 0.3) is 0 Å². The van der Waals surface area contributed by atoms with Gasteiger partial charge in [0.1, 0.15) is 5.75 Å². The van der Waals surface area contributed by atoms with Crippen LogP contribution in [0, 0.1) is 0 Å². The third-order valence-electron chi connectivity index (χ3n) is 3.47. The Balaban J connectivity index is 2.03. The Bertz CT molecular complexity index is 484. The average molecular weight is 362 g/mol. The van der Waals surface area contributed by atoms with Crippen LogP contribution in [0.4, 0.5) is 0 Å². The molecule has 110 valence electrons. The van der Waals surface area contributed by atoms with E-state index in [-0.39, 0.29) is 11.7 Å². The summed E-state index contributed by atoms with van der Waals surface area (Å²) in [7, 11) is 0. The molecule has 20 heavy (non-hydrogen) atoms. The molecule has 0 saturated carbocycles. The molecule has 1 amide bonds. The molecule has 1 saturated heterocycles. The van der Waals surface area contributed by atoms with Gasteiger partial charge in [0, 0.05) is 37.6 Å². The second-order valence-corrected chi connectivity index (χ2v) is 6.07. The second-order valence-electron chi connectivity index (χ2n) is 4.84. The number of hydrogen-bond donors (Lipinski definition) is 1. The molecule has 1 heterocycles. The molecule has 1 aliphatic heterocycles. The van der Waals surface area contributed by atoms with Crippen LogP contribution in [0.2, 0.25) is 0 Å². The lowest BCUT2D eigenvalue weighted by Gasteiger charge is -2.21. The van der Waals surface area contributed by atoms with Crippen LogP contribution in [0.15, 0.2) is 22.7 Å². The Labute approximate surface area is 132 Å². The van der Waals surface area contributed by atoms with E-state index in [1.165, 1.54) is 6.07 Å². The van der Waals surface area contributed by atoms with Crippen molar-refractivity contribution in [3.8, 4) is 5.75 Å². The summed E-state index contributed by atoms with van der Waals surface area (Å²) < 4.78 is 0.596. The minimum Gasteiger partial charge on any atom is -0.507 e. The van der Waals surface area contributed by atoms with E-state index in [0.29, 0.717) is 22.5 Å². The fourth-order valence-corrected chi connectivity index (χ4v) is 2.83. The SMILES string of the molecule is O=C(c1ccc(Br)c(O)c1)N1CCCN(CCCl)CC1. The fraction of sp³-hybridized carbons (Fsp3) is 0.500. The maximum atomic E-state index is 12.4. The van der Waals surface area contributed by atoms with Crippen molar-refractivity contribution in [2.45, 2.75) is 6.42 Å². The number of hydrogen-bond acceptors (Lipinski definition) is 3. The van der Waals surface area contributed by atoms with Gasteiger partial charge >= 0.3 is 0 Å². The smallest absolute Gasteiger partial charge is 0.254 e. The van der Waals surface area contributed by atoms with Crippen molar-refractivity contribution in [1.82, 2.24) is 9.80 Å². The maximum Gasteiger partial charge on any atom is 0.254 e. The van der Waals surface area contributed by atoms with Crippen molar-refractivity contribution >= 4 is 33.4 Å². The Morgan fingerprint density at radius 2 is 2.10 bits per heavy atom. The fourth-order valence-electron chi connectivity index (χ4n) is 2.35. The molecule has 0 spiro atoms. The Morgan fingerprint density at radius 1 is 1.30 bits per heavy atom. The highest BCUT2D eigenvalue weighted by Crippen LogP contribution is 2.25. The van der Waals surface area contributed by atoms with Gasteiger partial charge in [-0.3, -0.25) is 4.79 Å². The maximum absolute atomic E-state index is 12.4. The summed E-state index contributed by atoms with van der Waals surface area (Å²) in [6.07, 6.45) is 0.950. The molecule has 1 aromatic carbocycles. The van der Waals surface area contributed by atoms with Crippen LogP contribution in [0.5, 0.6) is 5.75 Å². The topological polar surface area (TPSA) is 43.8 Å². The summed E-state index contributed by atoms with van der Waals surface area (Å²) in [5, 5.41) is 9.67. The van der Waals surface area contributed by atoms with Gasteiger partial charge in [0.2, 0.25) is 0 Å². The summed E-state index contributed by atoms with van der Waals surface area (Å²) in [6, 6.07) is 4.93. The van der Waals surface area contributed by atoms with E-state index in [0.717, 1.165) is 32.6 Å². The first-order valence-electron chi connectivity index (χ1n) is 6.68. The monoisotopic (exact) mass is 360 g/mol. The summed E-state index contributed by atoms with van der Waals surface area (Å²) >= 11 is 8.98. The molecule has 4 nitrogen and oxygen atoms in total. The Kier molecular flexibility index (Phi) is 5.69. The zero-order chi connectivity index (χ0) is 14.5. The predicted octanol–water partition coefficient (Wildman–Crippen LogP) is 2.54. The highest BCUT2D eigenvalue weighted by molar-refractivity contribution is 9.10. The van der Waals surface area contributed by atoms with Crippen molar-refractivity contribution in [3.05, 3.63) is 28.2 Å². The number of carbonyl (C=O) groups excluding carboxylic acids is 1. The number of aromatic hydroxyl groups is 1. The number of carbonyl (C=O) groups is 1. The van der Waals surface area contributed by atoms with Gasteiger partial charge < -0.3 is 14.9 Å². The van der Waals surface area contributed by atoms with Gasteiger partial charge in [0.15, 0.2) is 0 Å². The molecule has 6 heteroatoms. The van der Waals surface area contributed by atoms with Crippen LogP contribution >= 0.6 is 27.5 Å². The highest BCUT2D eigenvalue weighted by atomic mass is 79.9. The van der Waals surface area contributed by atoms with Crippen LogP contribution in [-0.2, 0) is 0 Å². The van der Waals surface area contributed by atoms with E-state index in [9.17, 15) is 9.90 Å². The molecule has 0 bridgehead atoms. The molecular weight excluding hydrogens is 344 g/mol. The van der Waals surface area contributed by atoms with Gasteiger partial charge in [-0.15, -0.1) is 11.6 Å². The predicted molar refractivity (Wildman–Crippen MR) is 83.5 cm³/mol. The van der Waals surface area contributed by atoms with Crippen molar-refractivity contribution in [3.63, 3.8) is 0 Å². The first-order valence-corrected chi connectivity index (χ1v) is 8.00. The van der Waals surface area contributed by atoms with Crippen LogP contribution in [-0.4, -0.2) is 59.4 Å². The summed E-state index contributed by atoms with van der Waals surface area (Å²) in [5.41, 5.74) is 0.525. The number of amides is 1. The van der Waals surface area contributed by atoms with Gasteiger partial charge in [-0.2, -0.15) is 0 Å². The molecule has 1 N–H and O–H groups in total. The van der Waals surface area contributed by atoms with Crippen molar-refractivity contribution in [2.24, 2.45) is 0 Å². The average Bonchev–Trinajstić information content (AvgIpc) is 2.67. The number of rotatable bonds is 3. The number of phenolic OH excluding ortho intramolecular Hbond substituents is 1. The van der Waals surface area contributed by atoms with Gasteiger partial charge in [0.05, 0.1) is 4.47 Å². The molecule has 2 rings (SSSR count). The molecular formula is C14H18BrClN2O2. The van der Waals surface area contributed by atoms with Crippen LogP contribution in [0.1, 0.15) is 16.8 Å². The van der Waals surface area contributed by atoms with Gasteiger partial charge in [-0.1, -0.05) is 0 Å². The number of halogens is 2. The Hall–Kier alpha value is -0.780. The number of nitrogens with zero attached hydrogens (tertiary/aromatic N) is 2. The van der Waals surface area contributed by atoms with Crippen molar-refractivity contribution < 1.29 is 9.90 Å². The second kappa shape index (κ2) is 7.29. The van der Waals surface area contributed by atoms with Gasteiger partial charge in [0.25, 0.3) is 5.91 Å². The number of phenols is 1. The minimum atomic E-state index is -0.0273. The van der Waals surface area contributed by atoms with E-state index in [2.05, 4.69) is 20.8 Å². The molecule has 1 aromatic rings. The first-order chi connectivity index (χ1) is 9.61. The van der Waals surface area contributed by atoms with Crippen molar-refractivity contribution in [2.75, 3.05) is 38.6 Å². The standard InChI is InChI=1S/C14H18BrClN2O2/c15-12-3-2-11(10-13(12)19)14(20)18-6-1-5-17(7-4-16)8-9-18/h2-3,10,19H,1,4-9H2. The molecule has 1 aliphatic rings. The van der Waals surface area contributed by atoms with E-state index in [4.69, 9.17) is 11.6 Å². The lowest BCUT2D eigenvalue weighted by molar-refractivity contribution is 0.0761. The summed E-state index contributed by atoms with van der Waals surface area (Å²) in [4.78, 5) is 16.6. The highest BCUT2D eigenvalue weighted by Gasteiger charge is 2.20. The van der Waals surface area contributed by atoms with Crippen LogP contribution in [0.3, 0.4) is 0 Å². The molecule has 0 radical (unpaired) electrons. The van der Waals surface area contributed by atoms with E-state index < -0.39 is 0 Å². The third-order valence-corrected chi connectivity index (χ3v) is 4.31. The molecule has 0 aromatic heterocycles. The first kappa shape index (κ1) is 15.6. The number of benzene rings is 1. The lowest BCUT2D eigenvalue weighted by atomic mass is 10.2. The van der Waals surface area contributed by atoms with Crippen molar-refractivity contribution in [1.29, 1.82) is 0 Å². The summed E-state index contributed by atoms with van der Waals surface area (Å²) in [6.45, 7) is 4.13. The quantitative estimate of drug-likeness (QED) is 0.842. The zero-order valence-corrected chi connectivity index (χ0v) is 13.5. The normalized spacial score (nSPS) is 17.0. The largest absolute Gasteiger partial charge is 0.507 e. The van der Waals surface area contributed by atoms with E-state index >= 15 is 0 Å². The molecule has 1 fully saturated rings.